The van der Waals surface area contributed by atoms with Crippen LogP contribution in [0, 0.1) is 0 Å². The van der Waals surface area contributed by atoms with Crippen molar-refractivity contribution in [3.05, 3.63) is 158 Å². The van der Waals surface area contributed by atoms with Crippen molar-refractivity contribution >= 4 is 17.9 Å². The number of rotatable bonds is 47. The van der Waals surface area contributed by atoms with Gasteiger partial charge in [0.15, 0.2) is 6.10 Å². The van der Waals surface area contributed by atoms with E-state index in [1.165, 1.54) is 32.1 Å². The maximum Gasteiger partial charge on any atom is 0.306 e. The van der Waals surface area contributed by atoms with Crippen LogP contribution in [0.4, 0.5) is 0 Å². The van der Waals surface area contributed by atoms with Gasteiger partial charge in [0.1, 0.15) is 13.2 Å². The maximum absolute atomic E-state index is 12.8. The van der Waals surface area contributed by atoms with Crippen molar-refractivity contribution in [2.24, 2.45) is 0 Å². The average molecular weight is 963 g/mol. The second kappa shape index (κ2) is 56.6. The van der Waals surface area contributed by atoms with Crippen molar-refractivity contribution in [2.45, 2.75) is 213 Å². The maximum atomic E-state index is 12.8. The number of esters is 3. The van der Waals surface area contributed by atoms with Gasteiger partial charge in [-0.1, -0.05) is 217 Å². The summed E-state index contributed by atoms with van der Waals surface area (Å²) in [6, 6.07) is 0. The van der Waals surface area contributed by atoms with Crippen molar-refractivity contribution in [1.29, 1.82) is 0 Å². The second-order valence-corrected chi connectivity index (χ2v) is 17.4. The number of ether oxygens (including phenoxy) is 3. The van der Waals surface area contributed by atoms with E-state index in [0.29, 0.717) is 19.3 Å². The number of hydrogen-bond donors (Lipinski definition) is 0. The van der Waals surface area contributed by atoms with Crippen LogP contribution < -0.4 is 0 Å². The first kappa shape index (κ1) is 65.0. The summed E-state index contributed by atoms with van der Waals surface area (Å²) < 4.78 is 16.7. The van der Waals surface area contributed by atoms with Gasteiger partial charge in [-0.15, -0.1) is 0 Å². The summed E-state index contributed by atoms with van der Waals surface area (Å²) >= 11 is 0. The van der Waals surface area contributed by atoms with E-state index in [2.05, 4.69) is 167 Å². The van der Waals surface area contributed by atoms with Gasteiger partial charge in [-0.25, -0.2) is 0 Å². The smallest absolute Gasteiger partial charge is 0.306 e. The van der Waals surface area contributed by atoms with Gasteiger partial charge in [-0.05, 0) is 128 Å². The molecule has 0 radical (unpaired) electrons. The Balaban J connectivity index is 4.65. The molecular weight excluding hydrogens is 865 g/mol. The van der Waals surface area contributed by atoms with Gasteiger partial charge in [0.25, 0.3) is 0 Å². The molecule has 0 bridgehead atoms. The molecule has 1 atom stereocenters. The topological polar surface area (TPSA) is 78.9 Å². The Labute approximate surface area is 429 Å². The molecule has 0 N–H and O–H groups in total. The molecule has 0 fully saturated rings. The van der Waals surface area contributed by atoms with Gasteiger partial charge in [0, 0.05) is 19.3 Å². The second-order valence-electron chi connectivity index (χ2n) is 17.4. The van der Waals surface area contributed by atoms with Crippen LogP contribution in [0.1, 0.15) is 207 Å². The van der Waals surface area contributed by atoms with E-state index in [-0.39, 0.29) is 38.0 Å². The van der Waals surface area contributed by atoms with E-state index < -0.39 is 12.1 Å². The molecule has 1 unspecified atom stereocenters. The third-order valence-corrected chi connectivity index (χ3v) is 10.8. The fraction of sp³-hybridized carbons (Fsp3) is 0.547. The molecule has 0 aliphatic carbocycles. The lowest BCUT2D eigenvalue weighted by Crippen LogP contribution is -2.30. The zero-order chi connectivity index (χ0) is 50.7. The highest BCUT2D eigenvalue weighted by molar-refractivity contribution is 5.71. The van der Waals surface area contributed by atoms with E-state index in [1.807, 2.05) is 12.2 Å². The molecule has 0 rings (SSSR count). The van der Waals surface area contributed by atoms with Gasteiger partial charge in [0.2, 0.25) is 0 Å². The van der Waals surface area contributed by atoms with Crippen LogP contribution in [0.15, 0.2) is 158 Å². The van der Waals surface area contributed by atoms with Crippen LogP contribution in [-0.4, -0.2) is 37.2 Å². The SMILES string of the molecule is CC/C=C\C/C=C\C/C=C\C/C=C\C/C=C\C/C=C\CCC(=O)OCC(COC(=O)CCCCCCC/C=C\C/C=C\CCCCCC)OC(=O)CCC/C=C\C/C=C\C/C=C\C/C=C\C/C=C\CC. The number of hydrogen-bond acceptors (Lipinski definition) is 6. The zero-order valence-electron chi connectivity index (χ0n) is 44.5. The highest BCUT2D eigenvalue weighted by Gasteiger charge is 2.19. The first-order valence-electron chi connectivity index (χ1n) is 27.5. The third-order valence-electron chi connectivity index (χ3n) is 10.8. The van der Waals surface area contributed by atoms with Crippen LogP contribution >= 0.6 is 0 Å². The van der Waals surface area contributed by atoms with Crippen molar-refractivity contribution in [2.75, 3.05) is 13.2 Å². The quantitative estimate of drug-likeness (QED) is 0.0262. The summed E-state index contributed by atoms with van der Waals surface area (Å²) in [5, 5.41) is 0. The molecule has 0 saturated heterocycles. The summed E-state index contributed by atoms with van der Waals surface area (Å²) in [5.74, 6) is -1.11. The Kier molecular flexibility index (Phi) is 52.6. The predicted molar refractivity (Wildman–Crippen MR) is 302 cm³/mol. The molecule has 6 heteroatoms. The Bertz CT molecular complexity index is 1620. The van der Waals surface area contributed by atoms with Crippen LogP contribution in [-0.2, 0) is 28.6 Å². The number of carbonyl (C=O) groups is 3. The summed E-state index contributed by atoms with van der Waals surface area (Å²) in [6.07, 6.45) is 82.4. The van der Waals surface area contributed by atoms with Crippen molar-refractivity contribution in [3.8, 4) is 0 Å². The molecular formula is C64H98O6. The molecule has 0 aliphatic rings. The molecule has 6 nitrogen and oxygen atoms in total. The highest BCUT2D eigenvalue weighted by Crippen LogP contribution is 2.11. The van der Waals surface area contributed by atoms with Gasteiger partial charge >= 0.3 is 17.9 Å². The van der Waals surface area contributed by atoms with Crippen LogP contribution in [0.5, 0.6) is 0 Å². The van der Waals surface area contributed by atoms with Crippen molar-refractivity contribution in [3.63, 3.8) is 0 Å². The van der Waals surface area contributed by atoms with E-state index in [9.17, 15) is 14.4 Å². The molecule has 390 valence electrons. The van der Waals surface area contributed by atoms with E-state index in [1.54, 1.807) is 0 Å². The minimum atomic E-state index is -0.852. The molecule has 0 heterocycles. The van der Waals surface area contributed by atoms with E-state index in [0.717, 1.165) is 122 Å². The first-order valence-corrected chi connectivity index (χ1v) is 27.5. The zero-order valence-corrected chi connectivity index (χ0v) is 44.5. The molecule has 0 aromatic carbocycles. The minimum Gasteiger partial charge on any atom is -0.462 e. The largest absolute Gasteiger partial charge is 0.462 e. The first-order chi connectivity index (χ1) is 34.5. The Morgan fingerprint density at radius 3 is 1.00 bits per heavy atom. The van der Waals surface area contributed by atoms with Gasteiger partial charge in [-0.2, -0.15) is 0 Å². The van der Waals surface area contributed by atoms with E-state index >= 15 is 0 Å². The van der Waals surface area contributed by atoms with Crippen LogP contribution in [0.3, 0.4) is 0 Å². The van der Waals surface area contributed by atoms with Crippen molar-refractivity contribution < 1.29 is 28.6 Å². The van der Waals surface area contributed by atoms with Gasteiger partial charge < -0.3 is 14.2 Å². The lowest BCUT2D eigenvalue weighted by molar-refractivity contribution is -0.166. The predicted octanol–water partition coefficient (Wildman–Crippen LogP) is 18.6. The molecule has 0 saturated carbocycles. The molecule has 0 amide bonds. The number of allylic oxidation sites excluding steroid dienone is 26. The Hall–Kier alpha value is -4.97. The van der Waals surface area contributed by atoms with Crippen LogP contribution in [0.2, 0.25) is 0 Å². The summed E-state index contributed by atoms with van der Waals surface area (Å²) in [5.41, 5.74) is 0. The molecule has 0 aliphatic heterocycles. The average Bonchev–Trinajstić information content (AvgIpc) is 3.36. The fourth-order valence-electron chi connectivity index (χ4n) is 6.71. The van der Waals surface area contributed by atoms with Gasteiger partial charge in [0.05, 0.1) is 0 Å². The lowest BCUT2D eigenvalue weighted by atomic mass is 10.1. The molecule has 0 spiro atoms. The standard InChI is InChI=1S/C64H98O6/c1-4-7-10-13-16-19-22-25-28-31-32-34-36-39-42-45-48-51-54-57-63(66)69-60-61(59-68-62(65)56-53-50-47-44-41-38-35-30-27-24-21-18-15-12-9-6-3)70-64(67)58-55-52-49-46-43-40-37-33-29-26-23-20-17-14-11-8-5-2/h7-8,10-11,16-17,19-21,24-26,28-30,32,34-35,37,39-40,42,46,48-49,51,61H,4-6,9,12-15,18,22-23,27,31,33,36,38,41,43-45,47,50,52-60H2,1-3H3/b10-7-,11-8-,19-16-,20-17-,24-21-,28-25-,29-26-,34-32-,35-30-,40-37-,42-39-,49-46-,51-48-. The fourth-order valence-corrected chi connectivity index (χ4v) is 6.71. The molecule has 70 heavy (non-hydrogen) atoms. The summed E-state index contributed by atoms with van der Waals surface area (Å²) in [7, 11) is 0. The summed E-state index contributed by atoms with van der Waals surface area (Å²) in [4.78, 5) is 38.1. The normalized spacial score (nSPS) is 13.4. The number of carbonyl (C=O) groups excluding carboxylic acids is 3. The number of unbranched alkanes of at least 4 members (excludes halogenated alkanes) is 10. The van der Waals surface area contributed by atoms with Crippen molar-refractivity contribution in [1.82, 2.24) is 0 Å². The van der Waals surface area contributed by atoms with Gasteiger partial charge in [-0.3, -0.25) is 14.4 Å². The highest BCUT2D eigenvalue weighted by atomic mass is 16.6. The minimum absolute atomic E-state index is 0.139. The lowest BCUT2D eigenvalue weighted by Gasteiger charge is -2.18. The van der Waals surface area contributed by atoms with E-state index in [4.69, 9.17) is 14.2 Å². The monoisotopic (exact) mass is 963 g/mol. The molecule has 0 aromatic rings. The third kappa shape index (κ3) is 54.0. The van der Waals surface area contributed by atoms with Crippen LogP contribution in [0.25, 0.3) is 0 Å². The summed E-state index contributed by atoms with van der Waals surface area (Å²) in [6.45, 7) is 6.25. The Morgan fingerprint density at radius 1 is 0.300 bits per heavy atom. The molecule has 0 aromatic heterocycles. The Morgan fingerprint density at radius 2 is 0.600 bits per heavy atom.